The average molecular weight is 340 g/mol. The predicted molar refractivity (Wildman–Crippen MR) is 94.1 cm³/mol. The molecule has 0 aliphatic rings. The molecule has 5 nitrogen and oxygen atoms in total. The number of aromatic nitrogens is 3. The van der Waals surface area contributed by atoms with Gasteiger partial charge in [-0.3, -0.25) is 0 Å². The summed E-state index contributed by atoms with van der Waals surface area (Å²) in [5.41, 5.74) is 2.38. The first-order valence-electron chi connectivity index (χ1n) is 8.21. The van der Waals surface area contributed by atoms with E-state index in [-0.39, 0.29) is 11.9 Å². The van der Waals surface area contributed by atoms with Gasteiger partial charge in [0.15, 0.2) is 0 Å². The molecule has 0 aliphatic carbocycles. The molecule has 25 heavy (non-hydrogen) atoms. The number of nitrogens with one attached hydrogen (secondary N) is 1. The van der Waals surface area contributed by atoms with Crippen LogP contribution in [-0.2, 0) is 13.1 Å². The highest BCUT2D eigenvalue weighted by Crippen LogP contribution is 2.16. The van der Waals surface area contributed by atoms with Crippen LogP contribution in [0.1, 0.15) is 25.0 Å². The summed E-state index contributed by atoms with van der Waals surface area (Å²) < 4.78 is 21.3. The van der Waals surface area contributed by atoms with Crippen LogP contribution in [0.2, 0.25) is 0 Å². The van der Waals surface area contributed by atoms with E-state index in [1.165, 1.54) is 23.4 Å². The topological polar surface area (TPSA) is 52.0 Å². The lowest BCUT2D eigenvalue weighted by Crippen LogP contribution is -2.13. The molecule has 1 N–H and O–H groups in total. The van der Waals surface area contributed by atoms with Crippen LogP contribution in [-0.4, -0.2) is 20.9 Å². The standard InChI is InChI=1S/C19H21FN4O/c1-14(2)25-17-5-3-4-15(8-17)10-21-11-16-6-7-19(18(20)9-16)24-13-22-12-23-24/h3-9,12-14,21H,10-11H2,1-2H3. The first-order valence-corrected chi connectivity index (χ1v) is 8.21. The highest BCUT2D eigenvalue weighted by molar-refractivity contribution is 5.35. The van der Waals surface area contributed by atoms with Crippen molar-refractivity contribution in [2.75, 3.05) is 0 Å². The molecule has 0 atom stereocenters. The van der Waals surface area contributed by atoms with Crippen molar-refractivity contribution in [2.24, 2.45) is 0 Å². The van der Waals surface area contributed by atoms with Crippen LogP contribution in [0.3, 0.4) is 0 Å². The fourth-order valence-electron chi connectivity index (χ4n) is 2.53. The zero-order valence-electron chi connectivity index (χ0n) is 14.3. The van der Waals surface area contributed by atoms with E-state index in [0.717, 1.165) is 16.9 Å². The van der Waals surface area contributed by atoms with E-state index in [0.29, 0.717) is 18.8 Å². The lowest BCUT2D eigenvalue weighted by Gasteiger charge is -2.11. The summed E-state index contributed by atoms with van der Waals surface area (Å²) in [6.45, 7) is 5.26. The summed E-state index contributed by atoms with van der Waals surface area (Å²) in [6, 6.07) is 13.1. The van der Waals surface area contributed by atoms with Gasteiger partial charge in [-0.2, -0.15) is 5.10 Å². The Morgan fingerprint density at radius 3 is 2.60 bits per heavy atom. The molecule has 0 aliphatic heterocycles. The Hall–Kier alpha value is -2.73. The maximum absolute atomic E-state index is 14.2. The maximum atomic E-state index is 14.2. The van der Waals surface area contributed by atoms with Gasteiger partial charge in [-0.05, 0) is 49.2 Å². The summed E-state index contributed by atoms with van der Waals surface area (Å²) in [7, 11) is 0. The first-order chi connectivity index (χ1) is 12.1. The Kier molecular flexibility index (Phi) is 5.40. The Balaban J connectivity index is 1.58. The van der Waals surface area contributed by atoms with E-state index in [2.05, 4.69) is 15.4 Å². The van der Waals surface area contributed by atoms with Crippen LogP contribution in [0.4, 0.5) is 4.39 Å². The minimum atomic E-state index is -0.322. The monoisotopic (exact) mass is 340 g/mol. The number of rotatable bonds is 7. The zero-order chi connectivity index (χ0) is 17.6. The molecule has 0 saturated heterocycles. The van der Waals surface area contributed by atoms with Crippen molar-refractivity contribution < 1.29 is 9.13 Å². The molecule has 1 heterocycles. The number of ether oxygens (including phenoxy) is 1. The molecule has 0 spiro atoms. The van der Waals surface area contributed by atoms with Gasteiger partial charge in [0.2, 0.25) is 0 Å². The second-order valence-electron chi connectivity index (χ2n) is 6.04. The molecule has 0 amide bonds. The third-order valence-corrected chi connectivity index (χ3v) is 3.61. The molecule has 3 aromatic rings. The van der Waals surface area contributed by atoms with E-state index < -0.39 is 0 Å². The van der Waals surface area contributed by atoms with Gasteiger partial charge in [0.25, 0.3) is 0 Å². The molecule has 3 rings (SSSR count). The minimum Gasteiger partial charge on any atom is -0.491 e. The minimum absolute atomic E-state index is 0.148. The quantitative estimate of drug-likeness (QED) is 0.715. The zero-order valence-corrected chi connectivity index (χ0v) is 14.3. The number of hydrogen-bond donors (Lipinski definition) is 1. The van der Waals surface area contributed by atoms with E-state index in [1.807, 2.05) is 44.2 Å². The van der Waals surface area contributed by atoms with Crippen LogP contribution in [0.15, 0.2) is 55.1 Å². The van der Waals surface area contributed by atoms with E-state index in [9.17, 15) is 4.39 Å². The van der Waals surface area contributed by atoms with Gasteiger partial charge in [0.05, 0.1) is 6.10 Å². The molecular weight excluding hydrogens is 319 g/mol. The van der Waals surface area contributed by atoms with Crippen molar-refractivity contribution in [1.82, 2.24) is 20.1 Å². The molecule has 0 saturated carbocycles. The van der Waals surface area contributed by atoms with Gasteiger partial charge < -0.3 is 10.1 Å². The fourth-order valence-corrected chi connectivity index (χ4v) is 2.53. The van der Waals surface area contributed by atoms with Crippen molar-refractivity contribution in [3.8, 4) is 11.4 Å². The normalized spacial score (nSPS) is 11.0. The van der Waals surface area contributed by atoms with E-state index in [1.54, 1.807) is 6.07 Å². The molecule has 6 heteroatoms. The van der Waals surface area contributed by atoms with Crippen molar-refractivity contribution in [3.63, 3.8) is 0 Å². The van der Waals surface area contributed by atoms with Crippen molar-refractivity contribution in [2.45, 2.75) is 33.0 Å². The number of nitrogens with zero attached hydrogens (tertiary/aromatic N) is 3. The predicted octanol–water partition coefficient (Wildman–Crippen LogP) is 3.48. The second-order valence-corrected chi connectivity index (χ2v) is 6.04. The van der Waals surface area contributed by atoms with Gasteiger partial charge in [0.1, 0.15) is 29.9 Å². The summed E-state index contributed by atoms with van der Waals surface area (Å²) in [5, 5.41) is 7.27. The van der Waals surface area contributed by atoms with Crippen molar-refractivity contribution in [1.29, 1.82) is 0 Å². The third kappa shape index (κ3) is 4.64. The van der Waals surface area contributed by atoms with Crippen LogP contribution < -0.4 is 10.1 Å². The Morgan fingerprint density at radius 1 is 1.12 bits per heavy atom. The second kappa shape index (κ2) is 7.90. The molecule has 0 bridgehead atoms. The summed E-state index contributed by atoms with van der Waals surface area (Å²) in [5.74, 6) is 0.537. The SMILES string of the molecule is CC(C)Oc1cccc(CNCc2ccc(-n3cncn3)c(F)c2)c1. The molecule has 1 aromatic heterocycles. The highest BCUT2D eigenvalue weighted by atomic mass is 19.1. The van der Waals surface area contributed by atoms with Gasteiger partial charge in [-0.1, -0.05) is 18.2 Å². The van der Waals surface area contributed by atoms with Gasteiger partial charge in [-0.25, -0.2) is 14.1 Å². The van der Waals surface area contributed by atoms with Crippen molar-refractivity contribution >= 4 is 0 Å². The summed E-state index contributed by atoms with van der Waals surface area (Å²) in [6.07, 6.45) is 3.00. The lowest BCUT2D eigenvalue weighted by atomic mass is 10.1. The average Bonchev–Trinajstić information content (AvgIpc) is 3.09. The molecule has 2 aromatic carbocycles. The maximum Gasteiger partial charge on any atom is 0.149 e. The number of halogens is 1. The molecule has 130 valence electrons. The molecule has 0 unspecified atom stereocenters. The van der Waals surface area contributed by atoms with Gasteiger partial charge in [0, 0.05) is 13.1 Å². The van der Waals surface area contributed by atoms with E-state index in [4.69, 9.17) is 4.74 Å². The fraction of sp³-hybridized carbons (Fsp3) is 0.263. The Bertz CT molecular complexity index is 818. The van der Waals surface area contributed by atoms with E-state index >= 15 is 0 Å². The number of benzene rings is 2. The van der Waals surface area contributed by atoms with Gasteiger partial charge in [-0.15, -0.1) is 0 Å². The van der Waals surface area contributed by atoms with Crippen LogP contribution in [0, 0.1) is 5.82 Å². The van der Waals surface area contributed by atoms with Crippen LogP contribution in [0.5, 0.6) is 5.75 Å². The first kappa shape index (κ1) is 17.1. The Morgan fingerprint density at radius 2 is 1.92 bits per heavy atom. The van der Waals surface area contributed by atoms with Crippen LogP contribution >= 0.6 is 0 Å². The largest absolute Gasteiger partial charge is 0.491 e. The smallest absolute Gasteiger partial charge is 0.149 e. The Labute approximate surface area is 146 Å². The highest BCUT2D eigenvalue weighted by Gasteiger charge is 2.06. The lowest BCUT2D eigenvalue weighted by molar-refractivity contribution is 0.242. The molecule has 0 fully saturated rings. The van der Waals surface area contributed by atoms with Gasteiger partial charge >= 0.3 is 0 Å². The molecular formula is C19H21FN4O. The third-order valence-electron chi connectivity index (χ3n) is 3.61. The van der Waals surface area contributed by atoms with Crippen LogP contribution in [0.25, 0.3) is 5.69 Å². The summed E-state index contributed by atoms with van der Waals surface area (Å²) in [4.78, 5) is 3.83. The number of hydrogen-bond acceptors (Lipinski definition) is 4. The molecule has 0 radical (unpaired) electrons. The van der Waals surface area contributed by atoms with Crippen molar-refractivity contribution in [3.05, 3.63) is 72.1 Å². The summed E-state index contributed by atoms with van der Waals surface area (Å²) >= 11 is 0.